The predicted molar refractivity (Wildman–Crippen MR) is 96.5 cm³/mol. The van der Waals surface area contributed by atoms with Crippen LogP contribution in [0.2, 0.25) is 0 Å². The molecule has 5 nitrogen and oxygen atoms in total. The molecule has 1 aromatic rings. The average molecular weight is 343 g/mol. The van der Waals surface area contributed by atoms with Crippen LogP contribution in [0, 0.1) is 5.41 Å². The molecule has 0 bridgehead atoms. The fraction of sp³-hybridized carbons (Fsp3) is 0.700. The Morgan fingerprint density at radius 2 is 1.76 bits per heavy atom. The Balaban J connectivity index is 1.29. The highest BCUT2D eigenvalue weighted by molar-refractivity contribution is 5.93. The van der Waals surface area contributed by atoms with Crippen molar-refractivity contribution in [1.82, 2.24) is 14.8 Å². The summed E-state index contributed by atoms with van der Waals surface area (Å²) in [6.45, 7) is 6.09. The van der Waals surface area contributed by atoms with Crippen molar-refractivity contribution in [1.29, 1.82) is 0 Å². The molecular weight excluding hydrogens is 314 g/mol. The topological polar surface area (TPSA) is 45.7 Å². The Morgan fingerprint density at radius 1 is 1.08 bits per heavy atom. The molecule has 136 valence electrons. The van der Waals surface area contributed by atoms with Crippen LogP contribution in [0.1, 0.15) is 48.9 Å². The Labute approximate surface area is 150 Å². The molecule has 3 fully saturated rings. The highest BCUT2D eigenvalue weighted by atomic mass is 16.5. The Hall–Kier alpha value is -1.46. The number of ether oxygens (including phenoxy) is 1. The van der Waals surface area contributed by atoms with E-state index in [0.29, 0.717) is 11.0 Å². The van der Waals surface area contributed by atoms with E-state index in [1.165, 1.54) is 38.8 Å². The first kappa shape index (κ1) is 17.0. The normalized spacial score (nSPS) is 25.2. The van der Waals surface area contributed by atoms with Crippen LogP contribution in [0.3, 0.4) is 0 Å². The predicted octanol–water partition coefficient (Wildman–Crippen LogP) is 2.58. The quantitative estimate of drug-likeness (QED) is 0.828. The molecule has 0 N–H and O–H groups in total. The van der Waals surface area contributed by atoms with Gasteiger partial charge in [0.15, 0.2) is 0 Å². The van der Waals surface area contributed by atoms with Gasteiger partial charge in [0.2, 0.25) is 0 Å². The van der Waals surface area contributed by atoms with Gasteiger partial charge in [0.25, 0.3) is 5.91 Å². The first-order valence-corrected chi connectivity index (χ1v) is 9.77. The van der Waals surface area contributed by atoms with Gasteiger partial charge in [0.05, 0.1) is 5.56 Å². The van der Waals surface area contributed by atoms with E-state index in [2.05, 4.69) is 9.88 Å². The lowest BCUT2D eigenvalue weighted by molar-refractivity contribution is -0.0112. The minimum Gasteiger partial charge on any atom is -0.381 e. The van der Waals surface area contributed by atoms with Crippen molar-refractivity contribution in [2.45, 2.75) is 44.6 Å². The fourth-order valence-electron chi connectivity index (χ4n) is 4.77. The molecule has 3 aliphatic rings. The van der Waals surface area contributed by atoms with Crippen LogP contribution in [0.15, 0.2) is 24.5 Å². The molecule has 0 unspecified atom stereocenters. The summed E-state index contributed by atoms with van der Waals surface area (Å²) in [4.78, 5) is 21.4. The first-order chi connectivity index (χ1) is 12.3. The van der Waals surface area contributed by atoms with Crippen molar-refractivity contribution in [3.05, 3.63) is 30.1 Å². The molecule has 1 aromatic heterocycles. The number of carbonyl (C=O) groups excluding carboxylic acids is 1. The smallest absolute Gasteiger partial charge is 0.255 e. The SMILES string of the molecule is O=C(c1cccnc1)N1CCC2(CC1)CCN(C1CCOCC1)CC2. The number of amides is 1. The van der Waals surface area contributed by atoms with Crippen molar-refractivity contribution in [2.75, 3.05) is 39.4 Å². The molecule has 0 atom stereocenters. The number of rotatable bonds is 2. The maximum Gasteiger partial charge on any atom is 0.255 e. The lowest BCUT2D eigenvalue weighted by atomic mass is 9.71. The molecular formula is C20H29N3O2. The summed E-state index contributed by atoms with van der Waals surface area (Å²) in [5.74, 6) is 0.141. The zero-order valence-electron chi connectivity index (χ0n) is 15.0. The van der Waals surface area contributed by atoms with Crippen LogP contribution < -0.4 is 0 Å². The summed E-state index contributed by atoms with van der Waals surface area (Å²) >= 11 is 0. The van der Waals surface area contributed by atoms with Crippen molar-refractivity contribution in [3.8, 4) is 0 Å². The van der Waals surface area contributed by atoms with Crippen LogP contribution in [-0.4, -0.2) is 66.1 Å². The number of hydrogen-bond donors (Lipinski definition) is 0. The van der Waals surface area contributed by atoms with Crippen molar-refractivity contribution in [3.63, 3.8) is 0 Å². The summed E-state index contributed by atoms with van der Waals surface area (Å²) in [6, 6.07) is 4.44. The Kier molecular flexibility index (Phi) is 5.04. The largest absolute Gasteiger partial charge is 0.381 e. The second kappa shape index (κ2) is 7.42. The maximum absolute atomic E-state index is 12.6. The van der Waals surface area contributed by atoms with E-state index in [0.717, 1.165) is 45.2 Å². The van der Waals surface area contributed by atoms with Crippen molar-refractivity contribution in [2.24, 2.45) is 5.41 Å². The number of piperidine rings is 2. The number of pyridine rings is 1. The molecule has 4 rings (SSSR count). The second-order valence-corrected chi connectivity index (χ2v) is 7.91. The number of nitrogens with zero attached hydrogens (tertiary/aromatic N) is 3. The van der Waals surface area contributed by atoms with Crippen LogP contribution >= 0.6 is 0 Å². The molecule has 3 saturated heterocycles. The van der Waals surface area contributed by atoms with E-state index in [4.69, 9.17) is 4.74 Å². The maximum atomic E-state index is 12.6. The van der Waals surface area contributed by atoms with Gasteiger partial charge in [-0.3, -0.25) is 9.78 Å². The highest BCUT2D eigenvalue weighted by Gasteiger charge is 2.39. The number of likely N-dealkylation sites (tertiary alicyclic amines) is 2. The van der Waals surface area contributed by atoms with Gasteiger partial charge in [-0.15, -0.1) is 0 Å². The Bertz CT molecular complexity index is 568. The Morgan fingerprint density at radius 3 is 2.40 bits per heavy atom. The summed E-state index contributed by atoms with van der Waals surface area (Å²) in [5, 5.41) is 0. The monoisotopic (exact) mass is 343 g/mol. The van der Waals surface area contributed by atoms with Gasteiger partial charge in [0, 0.05) is 44.7 Å². The first-order valence-electron chi connectivity index (χ1n) is 9.77. The van der Waals surface area contributed by atoms with Crippen molar-refractivity contribution < 1.29 is 9.53 Å². The lowest BCUT2D eigenvalue weighted by Crippen LogP contribution is -2.51. The van der Waals surface area contributed by atoms with Crippen molar-refractivity contribution >= 4 is 5.91 Å². The molecule has 25 heavy (non-hydrogen) atoms. The van der Waals surface area contributed by atoms with E-state index in [9.17, 15) is 4.79 Å². The van der Waals surface area contributed by atoms with E-state index >= 15 is 0 Å². The summed E-state index contributed by atoms with van der Waals surface area (Å²) in [6.07, 6.45) is 10.7. The molecule has 0 saturated carbocycles. The molecule has 0 aliphatic carbocycles. The third-order valence-electron chi connectivity index (χ3n) is 6.59. The molecule has 4 heterocycles. The molecule has 0 radical (unpaired) electrons. The zero-order chi connectivity index (χ0) is 17.1. The van der Waals surface area contributed by atoms with Gasteiger partial charge >= 0.3 is 0 Å². The lowest BCUT2D eigenvalue weighted by Gasteiger charge is -2.48. The van der Waals surface area contributed by atoms with E-state index in [-0.39, 0.29) is 5.91 Å². The van der Waals surface area contributed by atoms with Gasteiger partial charge in [0.1, 0.15) is 0 Å². The number of aromatic nitrogens is 1. The highest BCUT2D eigenvalue weighted by Crippen LogP contribution is 2.42. The molecule has 3 aliphatic heterocycles. The minimum absolute atomic E-state index is 0.141. The average Bonchev–Trinajstić information content (AvgIpc) is 2.70. The van der Waals surface area contributed by atoms with E-state index < -0.39 is 0 Å². The fourth-order valence-corrected chi connectivity index (χ4v) is 4.77. The van der Waals surface area contributed by atoms with Gasteiger partial charge < -0.3 is 14.5 Å². The summed E-state index contributed by atoms with van der Waals surface area (Å²) in [7, 11) is 0. The van der Waals surface area contributed by atoms with E-state index in [1.807, 2.05) is 17.0 Å². The second-order valence-electron chi connectivity index (χ2n) is 7.91. The van der Waals surface area contributed by atoms with Crippen LogP contribution in [0.5, 0.6) is 0 Å². The van der Waals surface area contributed by atoms with Gasteiger partial charge in [-0.25, -0.2) is 0 Å². The molecule has 1 spiro atoms. The van der Waals surface area contributed by atoms with Gasteiger partial charge in [-0.2, -0.15) is 0 Å². The molecule has 0 aromatic carbocycles. The van der Waals surface area contributed by atoms with Gasteiger partial charge in [-0.05, 0) is 69.2 Å². The summed E-state index contributed by atoms with van der Waals surface area (Å²) < 4.78 is 5.50. The van der Waals surface area contributed by atoms with Crippen LogP contribution in [-0.2, 0) is 4.74 Å². The van der Waals surface area contributed by atoms with Crippen LogP contribution in [0.25, 0.3) is 0 Å². The summed E-state index contributed by atoms with van der Waals surface area (Å²) in [5.41, 5.74) is 1.18. The number of hydrogen-bond acceptors (Lipinski definition) is 4. The molecule has 1 amide bonds. The standard InChI is InChI=1S/C20H29N3O2/c24-19(17-2-1-9-21-16-17)23-12-7-20(8-13-23)5-10-22(11-6-20)18-3-14-25-15-4-18/h1-2,9,16,18H,3-8,10-15H2. The third kappa shape index (κ3) is 3.72. The zero-order valence-corrected chi connectivity index (χ0v) is 15.0. The van der Waals surface area contributed by atoms with Gasteiger partial charge in [-0.1, -0.05) is 0 Å². The number of carbonyl (C=O) groups is 1. The van der Waals surface area contributed by atoms with E-state index in [1.54, 1.807) is 12.4 Å². The van der Waals surface area contributed by atoms with Crippen LogP contribution in [0.4, 0.5) is 0 Å². The minimum atomic E-state index is 0.141. The third-order valence-corrected chi connectivity index (χ3v) is 6.59. The molecule has 5 heteroatoms.